The van der Waals surface area contributed by atoms with Gasteiger partial charge in [0, 0.05) is 38.1 Å². The molecule has 1 rings (SSSR count). The third-order valence-electron chi connectivity index (χ3n) is 3.10. The number of nitrogens with zero attached hydrogens (tertiary/aromatic N) is 3. The average molecular weight is 250 g/mol. The SMILES string of the molecule is CCCN(CCN(C)C)C(CN)c1ccncc1. The molecule has 18 heavy (non-hydrogen) atoms. The summed E-state index contributed by atoms with van der Waals surface area (Å²) < 4.78 is 0. The van der Waals surface area contributed by atoms with Crippen LogP contribution in [0, 0.1) is 0 Å². The van der Waals surface area contributed by atoms with Crippen molar-refractivity contribution >= 4 is 0 Å². The molecule has 0 spiro atoms. The highest BCUT2D eigenvalue weighted by Gasteiger charge is 2.18. The summed E-state index contributed by atoms with van der Waals surface area (Å²) in [6.07, 6.45) is 4.83. The molecule has 0 saturated heterocycles. The van der Waals surface area contributed by atoms with Gasteiger partial charge in [0.05, 0.1) is 0 Å². The molecule has 0 aliphatic rings. The van der Waals surface area contributed by atoms with E-state index in [2.05, 4.69) is 47.9 Å². The maximum Gasteiger partial charge on any atom is 0.0472 e. The molecule has 0 bridgehead atoms. The highest BCUT2D eigenvalue weighted by molar-refractivity contribution is 5.15. The van der Waals surface area contributed by atoms with Crippen molar-refractivity contribution in [3.63, 3.8) is 0 Å². The summed E-state index contributed by atoms with van der Waals surface area (Å²) in [5, 5.41) is 0. The molecule has 0 amide bonds. The Kier molecular flexibility index (Phi) is 6.86. The molecule has 1 unspecified atom stereocenters. The van der Waals surface area contributed by atoms with Crippen LogP contribution in [0.4, 0.5) is 0 Å². The first-order valence-corrected chi connectivity index (χ1v) is 6.67. The van der Waals surface area contributed by atoms with E-state index in [1.54, 1.807) is 0 Å². The van der Waals surface area contributed by atoms with E-state index in [1.807, 2.05) is 12.4 Å². The molecule has 0 saturated carbocycles. The maximum absolute atomic E-state index is 5.97. The van der Waals surface area contributed by atoms with Crippen molar-refractivity contribution in [2.75, 3.05) is 40.3 Å². The highest BCUT2D eigenvalue weighted by Crippen LogP contribution is 2.18. The Labute approximate surface area is 111 Å². The molecule has 0 aliphatic carbocycles. The van der Waals surface area contributed by atoms with Crippen LogP contribution in [0.5, 0.6) is 0 Å². The minimum Gasteiger partial charge on any atom is -0.329 e. The summed E-state index contributed by atoms with van der Waals surface area (Å²) in [5.41, 5.74) is 7.23. The number of nitrogens with two attached hydrogens (primary N) is 1. The molecule has 0 fully saturated rings. The Morgan fingerprint density at radius 1 is 1.17 bits per heavy atom. The van der Waals surface area contributed by atoms with Gasteiger partial charge in [-0.25, -0.2) is 0 Å². The van der Waals surface area contributed by atoms with Crippen molar-refractivity contribution in [1.29, 1.82) is 0 Å². The van der Waals surface area contributed by atoms with Crippen molar-refractivity contribution < 1.29 is 0 Å². The number of rotatable bonds is 8. The van der Waals surface area contributed by atoms with Gasteiger partial charge in [-0.3, -0.25) is 9.88 Å². The molecule has 1 aromatic rings. The van der Waals surface area contributed by atoms with Crippen LogP contribution in [-0.4, -0.2) is 55.1 Å². The second-order valence-electron chi connectivity index (χ2n) is 4.87. The van der Waals surface area contributed by atoms with E-state index in [-0.39, 0.29) is 0 Å². The lowest BCUT2D eigenvalue weighted by Crippen LogP contribution is -2.38. The third kappa shape index (κ3) is 4.72. The monoisotopic (exact) mass is 250 g/mol. The molecule has 102 valence electrons. The van der Waals surface area contributed by atoms with Gasteiger partial charge in [-0.15, -0.1) is 0 Å². The van der Waals surface area contributed by atoms with E-state index in [0.717, 1.165) is 26.1 Å². The number of likely N-dealkylation sites (N-methyl/N-ethyl adjacent to an activating group) is 1. The van der Waals surface area contributed by atoms with E-state index in [0.29, 0.717) is 12.6 Å². The van der Waals surface area contributed by atoms with Crippen molar-refractivity contribution in [2.24, 2.45) is 5.73 Å². The molecule has 1 heterocycles. The van der Waals surface area contributed by atoms with Gasteiger partial charge >= 0.3 is 0 Å². The second kappa shape index (κ2) is 8.19. The summed E-state index contributed by atoms with van der Waals surface area (Å²) in [4.78, 5) is 8.75. The van der Waals surface area contributed by atoms with Crippen LogP contribution in [0.25, 0.3) is 0 Å². The molecule has 1 atom stereocenters. The van der Waals surface area contributed by atoms with Gasteiger partial charge in [0.2, 0.25) is 0 Å². The normalized spacial score (nSPS) is 13.2. The van der Waals surface area contributed by atoms with Crippen LogP contribution in [0.15, 0.2) is 24.5 Å². The minimum atomic E-state index is 0.299. The predicted octanol–water partition coefficient (Wildman–Crippen LogP) is 1.36. The van der Waals surface area contributed by atoms with Gasteiger partial charge in [0.15, 0.2) is 0 Å². The molecule has 0 radical (unpaired) electrons. The Bertz CT molecular complexity index is 313. The molecule has 2 N–H and O–H groups in total. The lowest BCUT2D eigenvalue weighted by Gasteiger charge is -2.31. The number of hydrogen-bond donors (Lipinski definition) is 1. The van der Waals surface area contributed by atoms with Crippen LogP contribution in [0.3, 0.4) is 0 Å². The molecular weight excluding hydrogens is 224 g/mol. The molecule has 0 aliphatic heterocycles. The zero-order valence-corrected chi connectivity index (χ0v) is 11.8. The van der Waals surface area contributed by atoms with Crippen molar-refractivity contribution in [2.45, 2.75) is 19.4 Å². The highest BCUT2D eigenvalue weighted by atomic mass is 15.2. The lowest BCUT2D eigenvalue weighted by atomic mass is 10.1. The van der Waals surface area contributed by atoms with Gasteiger partial charge < -0.3 is 10.6 Å². The molecule has 1 aromatic heterocycles. The number of hydrogen-bond acceptors (Lipinski definition) is 4. The van der Waals surface area contributed by atoms with Crippen LogP contribution >= 0.6 is 0 Å². The maximum atomic E-state index is 5.97. The minimum absolute atomic E-state index is 0.299. The first-order valence-electron chi connectivity index (χ1n) is 6.67. The summed E-state index contributed by atoms with van der Waals surface area (Å²) in [5.74, 6) is 0. The predicted molar refractivity (Wildman–Crippen MR) is 76.5 cm³/mol. The fourth-order valence-electron chi connectivity index (χ4n) is 2.12. The largest absolute Gasteiger partial charge is 0.329 e. The lowest BCUT2D eigenvalue weighted by molar-refractivity contribution is 0.182. The zero-order valence-electron chi connectivity index (χ0n) is 11.8. The molecule has 4 nitrogen and oxygen atoms in total. The van der Waals surface area contributed by atoms with Gasteiger partial charge in [0.1, 0.15) is 0 Å². The third-order valence-corrected chi connectivity index (χ3v) is 3.10. The number of aromatic nitrogens is 1. The number of pyridine rings is 1. The van der Waals surface area contributed by atoms with Crippen molar-refractivity contribution in [3.8, 4) is 0 Å². The average Bonchev–Trinajstić information content (AvgIpc) is 2.38. The van der Waals surface area contributed by atoms with Crippen molar-refractivity contribution in [1.82, 2.24) is 14.8 Å². The molecule has 4 heteroatoms. The van der Waals surface area contributed by atoms with Gasteiger partial charge in [0.25, 0.3) is 0 Å². The van der Waals surface area contributed by atoms with E-state index < -0.39 is 0 Å². The van der Waals surface area contributed by atoms with Crippen molar-refractivity contribution in [3.05, 3.63) is 30.1 Å². The molecule has 0 aromatic carbocycles. The van der Waals surface area contributed by atoms with Gasteiger partial charge in [-0.05, 0) is 44.8 Å². The topological polar surface area (TPSA) is 45.4 Å². The first-order chi connectivity index (χ1) is 8.69. The second-order valence-corrected chi connectivity index (χ2v) is 4.87. The summed E-state index contributed by atoms with van der Waals surface area (Å²) >= 11 is 0. The standard InChI is InChI=1S/C14H26N4/c1-4-9-18(11-10-17(2)3)14(12-15)13-5-7-16-8-6-13/h5-8,14H,4,9-12,15H2,1-3H3. The van der Waals surface area contributed by atoms with E-state index in [4.69, 9.17) is 5.73 Å². The smallest absolute Gasteiger partial charge is 0.0472 e. The van der Waals surface area contributed by atoms with Crippen LogP contribution in [0.1, 0.15) is 24.9 Å². The van der Waals surface area contributed by atoms with Crippen LogP contribution in [-0.2, 0) is 0 Å². The van der Waals surface area contributed by atoms with Crippen LogP contribution < -0.4 is 5.73 Å². The van der Waals surface area contributed by atoms with Gasteiger partial charge in [-0.1, -0.05) is 6.92 Å². The Hall–Kier alpha value is -0.970. The Morgan fingerprint density at radius 2 is 1.83 bits per heavy atom. The summed E-state index contributed by atoms with van der Waals surface area (Å²) in [6, 6.07) is 4.43. The first kappa shape index (κ1) is 15.1. The Morgan fingerprint density at radius 3 is 2.33 bits per heavy atom. The fraction of sp³-hybridized carbons (Fsp3) is 0.643. The summed E-state index contributed by atoms with van der Waals surface area (Å²) in [6.45, 7) is 6.05. The van der Waals surface area contributed by atoms with Crippen LogP contribution in [0.2, 0.25) is 0 Å². The van der Waals surface area contributed by atoms with E-state index in [9.17, 15) is 0 Å². The molecular formula is C14H26N4. The summed E-state index contributed by atoms with van der Waals surface area (Å²) in [7, 11) is 4.21. The Balaban J connectivity index is 2.74. The zero-order chi connectivity index (χ0) is 13.4. The quantitative estimate of drug-likeness (QED) is 0.756. The van der Waals surface area contributed by atoms with E-state index >= 15 is 0 Å². The van der Waals surface area contributed by atoms with Gasteiger partial charge in [-0.2, -0.15) is 0 Å². The fourth-order valence-corrected chi connectivity index (χ4v) is 2.12. The van der Waals surface area contributed by atoms with E-state index in [1.165, 1.54) is 5.56 Å².